The van der Waals surface area contributed by atoms with Crippen LogP contribution in [0.3, 0.4) is 0 Å². The SMILES string of the molecule is N#Cc1c2oc3nc(N(c4ccccc4)c4ccccc4)ccc3c2cc2c1oc1nc(N(c3ccccc3)c3ccccc3)ccc12. The van der Waals surface area contributed by atoms with Gasteiger partial charge in [-0.3, -0.25) is 9.80 Å². The summed E-state index contributed by atoms with van der Waals surface area (Å²) in [4.78, 5) is 14.1. The van der Waals surface area contributed by atoms with Gasteiger partial charge in [-0.25, -0.2) is 0 Å². The number of para-hydroxylation sites is 4. The van der Waals surface area contributed by atoms with Gasteiger partial charge in [-0.05, 0) is 78.9 Å². The number of anilines is 6. The largest absolute Gasteiger partial charge is 0.436 e. The standard InChI is InChI=1S/C41H25N5O2/c42-26-35-38-33(31-21-23-36(43-40(31)47-38)45(27-13-5-1-6-14-27)28-15-7-2-8-16-28)25-34-32-22-24-37(44-41(32)48-39(34)35)46(29-17-9-3-10-18-29)30-19-11-4-12-20-30/h1-25H. The van der Waals surface area contributed by atoms with Crippen LogP contribution < -0.4 is 9.80 Å². The van der Waals surface area contributed by atoms with Crippen molar-refractivity contribution in [1.29, 1.82) is 5.26 Å². The molecule has 5 aromatic carbocycles. The fourth-order valence-corrected chi connectivity index (χ4v) is 6.37. The summed E-state index contributed by atoms with van der Waals surface area (Å²) in [5.41, 5.74) is 5.94. The first-order chi connectivity index (χ1) is 23.8. The van der Waals surface area contributed by atoms with Crippen molar-refractivity contribution in [2.45, 2.75) is 0 Å². The Morgan fingerprint density at radius 3 is 1.12 bits per heavy atom. The minimum atomic E-state index is 0.313. The Kier molecular flexibility index (Phi) is 6.37. The maximum atomic E-state index is 10.4. The van der Waals surface area contributed by atoms with Gasteiger partial charge in [-0.2, -0.15) is 15.2 Å². The van der Waals surface area contributed by atoms with Crippen molar-refractivity contribution in [3.63, 3.8) is 0 Å². The van der Waals surface area contributed by atoms with Crippen LogP contribution in [0.5, 0.6) is 0 Å². The molecule has 9 rings (SSSR count). The normalized spacial score (nSPS) is 11.3. The second kappa shape index (κ2) is 11.2. The molecule has 0 spiro atoms. The van der Waals surface area contributed by atoms with Crippen molar-refractivity contribution in [2.75, 3.05) is 9.80 Å². The monoisotopic (exact) mass is 619 g/mol. The number of rotatable bonds is 6. The van der Waals surface area contributed by atoms with Gasteiger partial charge in [0.15, 0.2) is 11.2 Å². The van der Waals surface area contributed by atoms with Gasteiger partial charge < -0.3 is 8.83 Å². The van der Waals surface area contributed by atoms with Crippen LogP contribution in [0.25, 0.3) is 44.1 Å². The van der Waals surface area contributed by atoms with Crippen molar-refractivity contribution in [2.24, 2.45) is 0 Å². The average Bonchev–Trinajstić information content (AvgIpc) is 3.70. The highest BCUT2D eigenvalue weighted by molar-refractivity contribution is 6.17. The second-order valence-electron chi connectivity index (χ2n) is 11.4. The summed E-state index contributed by atoms with van der Waals surface area (Å²) in [6.45, 7) is 0. The second-order valence-corrected chi connectivity index (χ2v) is 11.4. The van der Waals surface area contributed by atoms with Gasteiger partial charge in [0.1, 0.15) is 23.3 Å². The molecule has 0 fully saturated rings. The lowest BCUT2D eigenvalue weighted by Crippen LogP contribution is -2.11. The van der Waals surface area contributed by atoms with Gasteiger partial charge in [-0.1, -0.05) is 72.8 Å². The average molecular weight is 620 g/mol. The van der Waals surface area contributed by atoms with Crippen LogP contribution in [0.4, 0.5) is 34.4 Å². The van der Waals surface area contributed by atoms with E-state index in [4.69, 9.17) is 18.8 Å². The molecule has 7 nitrogen and oxygen atoms in total. The molecule has 9 aromatic rings. The number of nitrogens with zero attached hydrogens (tertiary/aromatic N) is 5. The summed E-state index contributed by atoms with van der Waals surface area (Å²) in [7, 11) is 0. The van der Waals surface area contributed by atoms with Crippen LogP contribution in [0.15, 0.2) is 160 Å². The van der Waals surface area contributed by atoms with Crippen molar-refractivity contribution in [3.05, 3.63) is 157 Å². The lowest BCUT2D eigenvalue weighted by Gasteiger charge is -2.23. The molecule has 7 heteroatoms. The summed E-state index contributed by atoms with van der Waals surface area (Å²) in [6, 6.07) is 52.7. The van der Waals surface area contributed by atoms with Crippen molar-refractivity contribution in [3.8, 4) is 6.07 Å². The molecule has 0 bridgehead atoms. The van der Waals surface area contributed by atoms with E-state index in [0.717, 1.165) is 44.3 Å². The van der Waals surface area contributed by atoms with E-state index in [0.29, 0.717) is 39.8 Å². The van der Waals surface area contributed by atoms with E-state index in [2.05, 4.69) is 15.9 Å². The van der Waals surface area contributed by atoms with Gasteiger partial charge in [0.25, 0.3) is 0 Å². The van der Waals surface area contributed by atoms with Crippen molar-refractivity contribution in [1.82, 2.24) is 9.97 Å². The van der Waals surface area contributed by atoms with Crippen LogP contribution in [-0.4, -0.2) is 9.97 Å². The molecule has 48 heavy (non-hydrogen) atoms. The van der Waals surface area contributed by atoms with Crippen LogP contribution in [0.1, 0.15) is 5.56 Å². The maximum Gasteiger partial charge on any atom is 0.229 e. The first-order valence-electron chi connectivity index (χ1n) is 15.6. The number of benzene rings is 5. The van der Waals surface area contributed by atoms with E-state index >= 15 is 0 Å². The molecule has 0 saturated carbocycles. The molecule has 0 saturated heterocycles. The molecule has 4 heterocycles. The molecule has 0 unspecified atom stereocenters. The van der Waals surface area contributed by atoms with Crippen LogP contribution in [0.2, 0.25) is 0 Å². The highest BCUT2D eigenvalue weighted by atomic mass is 16.4. The molecule has 0 atom stereocenters. The van der Waals surface area contributed by atoms with Gasteiger partial charge in [0, 0.05) is 44.3 Å². The maximum absolute atomic E-state index is 10.4. The fraction of sp³-hybridized carbons (Fsp3) is 0. The zero-order chi connectivity index (χ0) is 32.0. The Morgan fingerprint density at radius 2 is 0.792 bits per heavy atom. The Balaban J connectivity index is 1.20. The lowest BCUT2D eigenvalue weighted by molar-refractivity contribution is 0.640. The molecule has 0 N–H and O–H groups in total. The summed E-state index contributed by atoms with van der Waals surface area (Å²) in [5.74, 6) is 1.40. The van der Waals surface area contributed by atoms with Gasteiger partial charge in [0.05, 0.1) is 0 Å². The number of pyridine rings is 2. The molecular weight excluding hydrogens is 594 g/mol. The van der Waals surface area contributed by atoms with E-state index in [1.54, 1.807) is 0 Å². The molecule has 0 aliphatic heterocycles. The third-order valence-electron chi connectivity index (χ3n) is 8.53. The van der Waals surface area contributed by atoms with Gasteiger partial charge in [0.2, 0.25) is 11.4 Å². The number of hydrogen-bond acceptors (Lipinski definition) is 7. The van der Waals surface area contributed by atoms with E-state index in [-0.39, 0.29) is 0 Å². The Hall–Kier alpha value is -6.91. The molecule has 0 amide bonds. The van der Waals surface area contributed by atoms with E-state index < -0.39 is 0 Å². The first kappa shape index (κ1) is 27.4. The minimum Gasteiger partial charge on any atom is -0.436 e. The minimum absolute atomic E-state index is 0.313. The Bertz CT molecular complexity index is 2370. The van der Waals surface area contributed by atoms with Gasteiger partial charge >= 0.3 is 0 Å². The molecule has 226 valence electrons. The van der Waals surface area contributed by atoms with Crippen LogP contribution in [-0.2, 0) is 0 Å². The zero-order valence-corrected chi connectivity index (χ0v) is 25.5. The predicted octanol–water partition coefficient (Wildman–Crippen LogP) is 11.1. The molecule has 4 aromatic heterocycles. The first-order valence-corrected chi connectivity index (χ1v) is 15.6. The number of furan rings is 2. The van der Waals surface area contributed by atoms with E-state index in [9.17, 15) is 5.26 Å². The van der Waals surface area contributed by atoms with Crippen LogP contribution in [0, 0.1) is 11.3 Å². The molecule has 0 aliphatic rings. The molecule has 0 radical (unpaired) electrons. The summed E-state index contributed by atoms with van der Waals surface area (Å²) in [5, 5.41) is 13.6. The van der Waals surface area contributed by atoms with E-state index in [1.165, 1.54) is 0 Å². The summed E-state index contributed by atoms with van der Waals surface area (Å²) < 4.78 is 12.7. The number of hydrogen-bond donors (Lipinski definition) is 0. The Labute approximate surface area is 275 Å². The number of nitriles is 1. The third-order valence-corrected chi connectivity index (χ3v) is 8.53. The number of aromatic nitrogens is 2. The summed E-state index contributed by atoms with van der Waals surface area (Å²) in [6.07, 6.45) is 0. The quantitative estimate of drug-likeness (QED) is 0.183. The molecule has 0 aliphatic carbocycles. The topological polar surface area (TPSA) is 82.3 Å². The lowest BCUT2D eigenvalue weighted by atomic mass is 10.1. The van der Waals surface area contributed by atoms with Crippen molar-refractivity contribution >= 4 is 78.5 Å². The molecular formula is C41H25N5O2. The highest BCUT2D eigenvalue weighted by Gasteiger charge is 2.23. The van der Waals surface area contributed by atoms with Crippen molar-refractivity contribution < 1.29 is 8.83 Å². The Morgan fingerprint density at radius 1 is 0.438 bits per heavy atom. The van der Waals surface area contributed by atoms with Gasteiger partial charge in [-0.15, -0.1) is 0 Å². The smallest absolute Gasteiger partial charge is 0.229 e. The predicted molar refractivity (Wildman–Crippen MR) is 191 cm³/mol. The third kappa shape index (κ3) is 4.43. The zero-order valence-electron chi connectivity index (χ0n) is 25.5. The number of fused-ring (bicyclic) bond motifs is 6. The fourth-order valence-electron chi connectivity index (χ4n) is 6.37. The highest BCUT2D eigenvalue weighted by Crippen LogP contribution is 2.42. The van der Waals surface area contributed by atoms with E-state index in [1.807, 2.05) is 152 Å². The summed E-state index contributed by atoms with van der Waals surface area (Å²) >= 11 is 0. The van der Waals surface area contributed by atoms with Crippen LogP contribution >= 0.6 is 0 Å².